The van der Waals surface area contributed by atoms with E-state index in [1.54, 1.807) is 42.5 Å². The van der Waals surface area contributed by atoms with E-state index in [9.17, 15) is 18.0 Å². The number of carbonyl (C=O) groups excluding carboxylic acids is 2. The van der Waals surface area contributed by atoms with Crippen LogP contribution in [-0.4, -0.2) is 62.9 Å². The van der Waals surface area contributed by atoms with Gasteiger partial charge in [-0.15, -0.1) is 0 Å². The van der Waals surface area contributed by atoms with Crippen molar-refractivity contribution in [1.82, 2.24) is 9.62 Å². The van der Waals surface area contributed by atoms with E-state index in [1.165, 1.54) is 4.31 Å². The largest absolute Gasteiger partial charge is 0.487 e. The monoisotopic (exact) mass is 472 g/mol. The van der Waals surface area contributed by atoms with E-state index in [-0.39, 0.29) is 23.0 Å². The molecule has 0 atom stereocenters. The molecule has 2 aliphatic rings. The van der Waals surface area contributed by atoms with Gasteiger partial charge in [-0.2, -0.15) is 4.31 Å². The topological polar surface area (TPSA) is 102 Å². The van der Waals surface area contributed by atoms with E-state index in [0.29, 0.717) is 56.1 Å². The predicted molar refractivity (Wildman–Crippen MR) is 122 cm³/mol. The number of benzene rings is 2. The smallest absolute Gasteiger partial charge is 0.251 e. The van der Waals surface area contributed by atoms with E-state index in [4.69, 9.17) is 9.47 Å². The Hall–Kier alpha value is -2.75. The van der Waals surface area contributed by atoms with Crippen molar-refractivity contribution in [3.8, 4) is 5.75 Å². The van der Waals surface area contributed by atoms with E-state index >= 15 is 0 Å². The van der Waals surface area contributed by atoms with Crippen LogP contribution >= 0.6 is 0 Å². The molecule has 1 saturated heterocycles. The molecular formula is C24H28N2O6S. The van der Waals surface area contributed by atoms with Gasteiger partial charge in [-0.3, -0.25) is 9.59 Å². The Bertz CT molecular complexity index is 1150. The molecule has 2 heterocycles. The lowest BCUT2D eigenvalue weighted by Gasteiger charge is -2.31. The maximum Gasteiger partial charge on any atom is 0.251 e. The van der Waals surface area contributed by atoms with Gasteiger partial charge >= 0.3 is 0 Å². The maximum absolute atomic E-state index is 12.7. The zero-order chi connectivity index (χ0) is 23.6. The lowest BCUT2D eigenvalue weighted by molar-refractivity contribution is 0.0620. The second-order valence-electron chi connectivity index (χ2n) is 8.84. The number of fused-ring (bicyclic) bond motifs is 1. The fourth-order valence-electron chi connectivity index (χ4n) is 3.98. The van der Waals surface area contributed by atoms with Gasteiger partial charge in [0, 0.05) is 25.2 Å². The summed E-state index contributed by atoms with van der Waals surface area (Å²) in [5, 5.41) is 2.85. The highest BCUT2D eigenvalue weighted by Gasteiger charge is 2.33. The second kappa shape index (κ2) is 9.24. The third-order valence-electron chi connectivity index (χ3n) is 5.75. The molecule has 1 amide bonds. The van der Waals surface area contributed by atoms with Crippen molar-refractivity contribution >= 4 is 21.7 Å². The van der Waals surface area contributed by atoms with Gasteiger partial charge < -0.3 is 14.8 Å². The van der Waals surface area contributed by atoms with Crippen molar-refractivity contribution < 1.29 is 27.5 Å². The Morgan fingerprint density at radius 1 is 1.09 bits per heavy atom. The predicted octanol–water partition coefficient (Wildman–Crippen LogP) is 2.42. The molecule has 0 saturated carbocycles. The van der Waals surface area contributed by atoms with E-state index in [0.717, 1.165) is 5.56 Å². The summed E-state index contributed by atoms with van der Waals surface area (Å²) >= 11 is 0. The SMILES string of the molecule is CC1(C)CC(=O)c2cc(C(=O)NCCc3ccc(S(=O)(=O)N4CCOCC4)cc3)ccc2O1. The molecule has 176 valence electrons. The summed E-state index contributed by atoms with van der Waals surface area (Å²) in [6, 6.07) is 11.6. The van der Waals surface area contributed by atoms with Crippen LogP contribution in [0.3, 0.4) is 0 Å². The Kier molecular flexibility index (Phi) is 6.56. The molecule has 0 unspecified atom stereocenters. The molecule has 33 heavy (non-hydrogen) atoms. The number of ether oxygens (including phenoxy) is 2. The summed E-state index contributed by atoms with van der Waals surface area (Å²) < 4.78 is 37.9. The van der Waals surface area contributed by atoms with Crippen LogP contribution in [0.1, 0.15) is 46.5 Å². The normalized spacial score (nSPS) is 18.3. The van der Waals surface area contributed by atoms with Gasteiger partial charge in [0.1, 0.15) is 11.4 Å². The first-order valence-electron chi connectivity index (χ1n) is 11.0. The van der Waals surface area contributed by atoms with Crippen LogP contribution in [0.2, 0.25) is 0 Å². The third kappa shape index (κ3) is 5.26. The summed E-state index contributed by atoms with van der Waals surface area (Å²) in [6.07, 6.45) is 0.813. The molecule has 0 bridgehead atoms. The van der Waals surface area contributed by atoms with Crippen LogP contribution in [0.15, 0.2) is 47.4 Å². The van der Waals surface area contributed by atoms with Crippen LogP contribution in [0.25, 0.3) is 0 Å². The standard InChI is InChI=1S/C24H28N2O6S/c1-24(2)16-21(27)20-15-18(5-8-22(20)32-24)23(28)25-10-9-17-3-6-19(7-4-17)33(29,30)26-11-13-31-14-12-26/h3-8,15H,9-14,16H2,1-2H3,(H,25,28). The van der Waals surface area contributed by atoms with Gasteiger partial charge in [-0.05, 0) is 56.2 Å². The summed E-state index contributed by atoms with van der Waals surface area (Å²) in [5.74, 6) is 0.185. The zero-order valence-electron chi connectivity index (χ0n) is 18.8. The molecule has 2 aliphatic heterocycles. The van der Waals surface area contributed by atoms with Crippen molar-refractivity contribution in [2.45, 2.75) is 37.2 Å². The molecule has 1 fully saturated rings. The lowest BCUT2D eigenvalue weighted by Crippen LogP contribution is -2.40. The number of morpholine rings is 1. The summed E-state index contributed by atoms with van der Waals surface area (Å²) in [5.41, 5.74) is 1.19. The third-order valence-corrected chi connectivity index (χ3v) is 7.66. The fraction of sp³-hybridized carbons (Fsp3) is 0.417. The first-order valence-corrected chi connectivity index (χ1v) is 12.4. The second-order valence-corrected chi connectivity index (χ2v) is 10.8. The molecule has 1 N–H and O–H groups in total. The quantitative estimate of drug-likeness (QED) is 0.693. The minimum absolute atomic E-state index is 0.0389. The number of Topliss-reactive ketones (excluding diaryl/α,β-unsaturated/α-hetero) is 1. The maximum atomic E-state index is 12.7. The number of hydrogen-bond donors (Lipinski definition) is 1. The van der Waals surface area contributed by atoms with Crippen molar-refractivity contribution in [1.29, 1.82) is 0 Å². The molecule has 0 spiro atoms. The first kappa shape index (κ1) is 23.4. The number of ketones is 1. The fourth-order valence-corrected chi connectivity index (χ4v) is 5.39. The van der Waals surface area contributed by atoms with Crippen molar-refractivity contribution in [2.75, 3.05) is 32.8 Å². The van der Waals surface area contributed by atoms with Crippen molar-refractivity contribution in [3.05, 3.63) is 59.2 Å². The molecule has 4 rings (SSSR count). The highest BCUT2D eigenvalue weighted by Crippen LogP contribution is 2.33. The van der Waals surface area contributed by atoms with Crippen molar-refractivity contribution in [3.63, 3.8) is 0 Å². The summed E-state index contributed by atoms with van der Waals surface area (Å²) in [7, 11) is -3.52. The van der Waals surface area contributed by atoms with E-state index in [1.807, 2.05) is 13.8 Å². The van der Waals surface area contributed by atoms with Gasteiger partial charge in [0.15, 0.2) is 5.78 Å². The molecule has 0 aliphatic carbocycles. The number of hydrogen-bond acceptors (Lipinski definition) is 6. The lowest BCUT2D eigenvalue weighted by atomic mass is 9.92. The van der Waals surface area contributed by atoms with E-state index in [2.05, 4.69) is 5.32 Å². The van der Waals surface area contributed by atoms with Gasteiger partial charge in [0.25, 0.3) is 5.91 Å². The van der Waals surface area contributed by atoms with Gasteiger partial charge in [0.05, 0.1) is 30.1 Å². The van der Waals surface area contributed by atoms with Crippen LogP contribution in [0.5, 0.6) is 5.75 Å². The molecular weight excluding hydrogens is 444 g/mol. The Labute approximate surface area is 193 Å². The first-order chi connectivity index (χ1) is 15.7. The van der Waals surface area contributed by atoms with Crippen LogP contribution in [-0.2, 0) is 21.2 Å². The zero-order valence-corrected chi connectivity index (χ0v) is 19.6. The average molecular weight is 473 g/mol. The molecule has 0 radical (unpaired) electrons. The van der Waals surface area contributed by atoms with Gasteiger partial charge in [-0.1, -0.05) is 12.1 Å². The number of amides is 1. The van der Waals surface area contributed by atoms with Crippen LogP contribution in [0, 0.1) is 0 Å². The Balaban J connectivity index is 1.34. The average Bonchev–Trinajstić information content (AvgIpc) is 2.79. The van der Waals surface area contributed by atoms with Crippen molar-refractivity contribution in [2.24, 2.45) is 0 Å². The highest BCUT2D eigenvalue weighted by atomic mass is 32.2. The van der Waals surface area contributed by atoms with Gasteiger partial charge in [-0.25, -0.2) is 8.42 Å². The van der Waals surface area contributed by atoms with Crippen LogP contribution < -0.4 is 10.1 Å². The van der Waals surface area contributed by atoms with E-state index < -0.39 is 15.6 Å². The molecule has 2 aromatic rings. The number of nitrogens with zero attached hydrogens (tertiary/aromatic N) is 1. The highest BCUT2D eigenvalue weighted by molar-refractivity contribution is 7.89. The summed E-state index contributed by atoms with van der Waals surface area (Å²) in [6.45, 7) is 5.62. The summed E-state index contributed by atoms with van der Waals surface area (Å²) in [4.78, 5) is 25.2. The molecule has 2 aromatic carbocycles. The minimum Gasteiger partial charge on any atom is -0.487 e. The number of sulfonamides is 1. The number of nitrogens with one attached hydrogen (secondary N) is 1. The minimum atomic E-state index is -3.52. The number of rotatable bonds is 6. The molecule has 0 aromatic heterocycles. The van der Waals surface area contributed by atoms with Crippen LogP contribution in [0.4, 0.5) is 0 Å². The Morgan fingerprint density at radius 2 is 1.79 bits per heavy atom. The van der Waals surface area contributed by atoms with Gasteiger partial charge in [0.2, 0.25) is 10.0 Å². The molecule has 8 nitrogen and oxygen atoms in total. The molecule has 9 heteroatoms. The Morgan fingerprint density at radius 3 is 2.48 bits per heavy atom. The number of carbonyl (C=O) groups is 2.